The van der Waals surface area contributed by atoms with E-state index in [2.05, 4.69) is 12.2 Å². The Morgan fingerprint density at radius 3 is 2.55 bits per heavy atom. The van der Waals surface area contributed by atoms with Crippen LogP contribution in [0.25, 0.3) is 0 Å². The third-order valence-corrected chi connectivity index (χ3v) is 3.49. The van der Waals surface area contributed by atoms with Gasteiger partial charge in [-0.15, -0.1) is 0 Å². The van der Waals surface area contributed by atoms with Crippen LogP contribution >= 0.6 is 0 Å². The van der Waals surface area contributed by atoms with Crippen molar-refractivity contribution in [2.45, 2.75) is 45.1 Å². The van der Waals surface area contributed by atoms with Crippen LogP contribution in [0, 0.1) is 11.8 Å². The molecule has 11 heavy (non-hydrogen) atoms. The summed E-state index contributed by atoms with van der Waals surface area (Å²) in [6.07, 6.45) is 7.29. The summed E-state index contributed by atoms with van der Waals surface area (Å²) in [7, 11) is 0. The summed E-state index contributed by atoms with van der Waals surface area (Å²) in [4.78, 5) is 0. The maximum Gasteiger partial charge on any atom is 0.0110 e. The maximum absolute atomic E-state index is 3.55. The van der Waals surface area contributed by atoms with E-state index >= 15 is 0 Å². The molecule has 2 fully saturated rings. The summed E-state index contributed by atoms with van der Waals surface area (Å²) in [5, 5.41) is 3.55. The van der Waals surface area contributed by atoms with Gasteiger partial charge in [-0.3, -0.25) is 0 Å². The molecule has 0 aromatic carbocycles. The lowest BCUT2D eigenvalue weighted by atomic mass is 9.69. The van der Waals surface area contributed by atoms with Crippen LogP contribution in [0.15, 0.2) is 0 Å². The van der Waals surface area contributed by atoms with Crippen molar-refractivity contribution in [3.05, 3.63) is 0 Å². The molecule has 0 bridgehead atoms. The SMILES string of the molecule is CCCC1NCC1C1CCC1. The zero-order chi connectivity index (χ0) is 7.68. The van der Waals surface area contributed by atoms with Crippen LogP contribution in [-0.2, 0) is 0 Å². The van der Waals surface area contributed by atoms with E-state index in [0.29, 0.717) is 0 Å². The standard InChI is InChI=1S/C10H19N/c1-2-4-10-9(7-11-10)8-5-3-6-8/h8-11H,2-7H2,1H3. The van der Waals surface area contributed by atoms with E-state index in [0.717, 1.165) is 17.9 Å². The third-order valence-electron chi connectivity index (χ3n) is 3.49. The zero-order valence-electron chi connectivity index (χ0n) is 7.47. The number of nitrogens with one attached hydrogen (secondary N) is 1. The van der Waals surface area contributed by atoms with Gasteiger partial charge in [-0.1, -0.05) is 32.6 Å². The van der Waals surface area contributed by atoms with Gasteiger partial charge in [0.2, 0.25) is 0 Å². The van der Waals surface area contributed by atoms with Gasteiger partial charge in [0.1, 0.15) is 0 Å². The van der Waals surface area contributed by atoms with Crippen molar-refractivity contribution >= 4 is 0 Å². The smallest absolute Gasteiger partial charge is 0.0110 e. The van der Waals surface area contributed by atoms with Crippen molar-refractivity contribution in [1.82, 2.24) is 5.32 Å². The number of rotatable bonds is 3. The molecule has 2 unspecified atom stereocenters. The molecule has 1 heteroatoms. The lowest BCUT2D eigenvalue weighted by molar-refractivity contribution is 0.0888. The van der Waals surface area contributed by atoms with Crippen LogP contribution in [0.2, 0.25) is 0 Å². The highest BCUT2D eigenvalue weighted by Crippen LogP contribution is 2.38. The predicted molar refractivity (Wildman–Crippen MR) is 47.5 cm³/mol. The van der Waals surface area contributed by atoms with Crippen LogP contribution in [-0.4, -0.2) is 12.6 Å². The molecule has 1 N–H and O–H groups in total. The van der Waals surface area contributed by atoms with Gasteiger partial charge in [-0.05, 0) is 24.8 Å². The number of hydrogen-bond donors (Lipinski definition) is 1. The van der Waals surface area contributed by atoms with Crippen LogP contribution in [0.4, 0.5) is 0 Å². The summed E-state index contributed by atoms with van der Waals surface area (Å²) >= 11 is 0. The first-order chi connectivity index (χ1) is 5.42. The van der Waals surface area contributed by atoms with E-state index in [1.165, 1.54) is 38.6 Å². The molecule has 2 rings (SSSR count). The molecule has 1 aliphatic carbocycles. The normalized spacial score (nSPS) is 37.9. The van der Waals surface area contributed by atoms with Gasteiger partial charge in [0.15, 0.2) is 0 Å². The fourth-order valence-corrected chi connectivity index (χ4v) is 2.41. The molecule has 64 valence electrons. The Hall–Kier alpha value is -0.0400. The Kier molecular flexibility index (Phi) is 2.17. The van der Waals surface area contributed by atoms with Crippen LogP contribution in [0.1, 0.15) is 39.0 Å². The lowest BCUT2D eigenvalue weighted by Gasteiger charge is -2.46. The van der Waals surface area contributed by atoms with Gasteiger partial charge in [0.05, 0.1) is 0 Å². The van der Waals surface area contributed by atoms with Crippen molar-refractivity contribution in [2.75, 3.05) is 6.54 Å². The van der Waals surface area contributed by atoms with E-state index in [4.69, 9.17) is 0 Å². The molecule has 0 amide bonds. The molecule has 1 saturated heterocycles. The Bertz CT molecular complexity index is 129. The molecule has 0 spiro atoms. The predicted octanol–water partition coefficient (Wildman–Crippen LogP) is 2.17. The van der Waals surface area contributed by atoms with Crippen molar-refractivity contribution in [3.63, 3.8) is 0 Å². The van der Waals surface area contributed by atoms with E-state index in [1.54, 1.807) is 0 Å². The minimum absolute atomic E-state index is 0.894. The molecule has 0 aromatic heterocycles. The quantitative estimate of drug-likeness (QED) is 0.655. The molecular formula is C10H19N. The molecule has 1 saturated carbocycles. The minimum Gasteiger partial charge on any atom is -0.313 e. The van der Waals surface area contributed by atoms with Gasteiger partial charge in [-0.25, -0.2) is 0 Å². The number of hydrogen-bond acceptors (Lipinski definition) is 1. The fraction of sp³-hybridized carbons (Fsp3) is 1.00. The zero-order valence-corrected chi connectivity index (χ0v) is 7.47. The molecular weight excluding hydrogens is 134 g/mol. The van der Waals surface area contributed by atoms with Gasteiger partial charge in [-0.2, -0.15) is 0 Å². The Morgan fingerprint density at radius 1 is 1.36 bits per heavy atom. The largest absolute Gasteiger partial charge is 0.313 e. The summed E-state index contributed by atoms with van der Waals surface area (Å²) in [6, 6.07) is 0.894. The molecule has 1 nitrogen and oxygen atoms in total. The second-order valence-electron chi connectivity index (χ2n) is 4.16. The molecule has 2 aliphatic rings. The van der Waals surface area contributed by atoms with E-state index in [-0.39, 0.29) is 0 Å². The summed E-state index contributed by atoms with van der Waals surface area (Å²) < 4.78 is 0. The highest BCUT2D eigenvalue weighted by molar-refractivity contribution is 4.94. The van der Waals surface area contributed by atoms with Crippen LogP contribution in [0.5, 0.6) is 0 Å². The average molecular weight is 153 g/mol. The fourth-order valence-electron chi connectivity index (χ4n) is 2.41. The average Bonchev–Trinajstić information content (AvgIpc) is 1.89. The summed E-state index contributed by atoms with van der Waals surface area (Å²) in [5.74, 6) is 2.16. The third kappa shape index (κ3) is 1.31. The van der Waals surface area contributed by atoms with E-state index in [1.807, 2.05) is 0 Å². The molecule has 0 aromatic rings. The topological polar surface area (TPSA) is 12.0 Å². The Labute approximate surface area is 69.6 Å². The molecule has 2 atom stereocenters. The van der Waals surface area contributed by atoms with Gasteiger partial charge in [0, 0.05) is 6.04 Å². The lowest BCUT2D eigenvalue weighted by Crippen LogP contribution is -2.56. The first-order valence-electron chi connectivity index (χ1n) is 5.15. The Morgan fingerprint density at radius 2 is 2.18 bits per heavy atom. The second-order valence-corrected chi connectivity index (χ2v) is 4.16. The molecule has 0 radical (unpaired) electrons. The Balaban J connectivity index is 1.76. The summed E-state index contributed by atoms with van der Waals surface area (Å²) in [6.45, 7) is 3.60. The van der Waals surface area contributed by atoms with Gasteiger partial charge >= 0.3 is 0 Å². The van der Waals surface area contributed by atoms with Crippen molar-refractivity contribution in [1.29, 1.82) is 0 Å². The van der Waals surface area contributed by atoms with Crippen molar-refractivity contribution in [3.8, 4) is 0 Å². The molecule has 1 aliphatic heterocycles. The van der Waals surface area contributed by atoms with Crippen molar-refractivity contribution in [2.24, 2.45) is 11.8 Å². The minimum atomic E-state index is 0.894. The highest BCUT2D eigenvalue weighted by Gasteiger charge is 2.38. The highest BCUT2D eigenvalue weighted by atomic mass is 15.0. The monoisotopic (exact) mass is 153 g/mol. The van der Waals surface area contributed by atoms with Crippen LogP contribution < -0.4 is 5.32 Å². The van der Waals surface area contributed by atoms with Gasteiger partial charge < -0.3 is 5.32 Å². The van der Waals surface area contributed by atoms with Gasteiger partial charge in [0.25, 0.3) is 0 Å². The molecule has 1 heterocycles. The second kappa shape index (κ2) is 3.14. The maximum atomic E-state index is 3.55. The first-order valence-corrected chi connectivity index (χ1v) is 5.15. The van der Waals surface area contributed by atoms with E-state index < -0.39 is 0 Å². The van der Waals surface area contributed by atoms with Crippen LogP contribution in [0.3, 0.4) is 0 Å². The van der Waals surface area contributed by atoms with E-state index in [9.17, 15) is 0 Å². The summed E-state index contributed by atoms with van der Waals surface area (Å²) in [5.41, 5.74) is 0. The van der Waals surface area contributed by atoms with Crippen molar-refractivity contribution < 1.29 is 0 Å². The first kappa shape index (κ1) is 7.60.